The van der Waals surface area contributed by atoms with E-state index >= 15 is 0 Å². The van der Waals surface area contributed by atoms with Crippen LogP contribution in [0.1, 0.15) is 12.6 Å². The van der Waals surface area contributed by atoms with Crippen LogP contribution in [0, 0.1) is 0 Å². The number of rotatable bonds is 7. The number of sulfonamides is 1. The lowest BCUT2D eigenvalue weighted by molar-refractivity contribution is -0.124. The van der Waals surface area contributed by atoms with Gasteiger partial charge in [0.1, 0.15) is 12.0 Å². The number of aliphatic imine (C=N–C) groups is 1. The fourth-order valence-corrected chi connectivity index (χ4v) is 4.56. The van der Waals surface area contributed by atoms with Gasteiger partial charge in [-0.15, -0.1) is 0 Å². The van der Waals surface area contributed by atoms with Crippen molar-refractivity contribution >= 4 is 27.9 Å². The summed E-state index contributed by atoms with van der Waals surface area (Å²) in [6.45, 7) is 4.69. The summed E-state index contributed by atoms with van der Waals surface area (Å²) in [5, 5.41) is 9.31. The van der Waals surface area contributed by atoms with Gasteiger partial charge >= 0.3 is 6.03 Å². The second-order valence-corrected chi connectivity index (χ2v) is 8.54. The zero-order valence-corrected chi connectivity index (χ0v) is 17.0. The second-order valence-electron chi connectivity index (χ2n) is 6.57. The number of aromatic nitrogens is 1. The van der Waals surface area contributed by atoms with Gasteiger partial charge in [-0.05, 0) is 6.92 Å². The zero-order chi connectivity index (χ0) is 20.9. The Balaban J connectivity index is 1.55. The van der Waals surface area contributed by atoms with E-state index in [1.165, 1.54) is 16.6 Å². The van der Waals surface area contributed by atoms with Crippen molar-refractivity contribution in [3.8, 4) is 0 Å². The summed E-state index contributed by atoms with van der Waals surface area (Å²) in [6.07, 6.45) is 1.35. The molecule has 0 aromatic carbocycles. The van der Waals surface area contributed by atoms with Crippen LogP contribution < -0.4 is 10.6 Å². The average molecular weight is 427 g/mol. The molecule has 1 aromatic heterocycles. The minimum Gasteiger partial charge on any atom is -0.364 e. The fraction of sp³-hybridized carbons (Fsp3) is 0.625. The summed E-state index contributed by atoms with van der Waals surface area (Å²) >= 11 is 0. The maximum absolute atomic E-state index is 12.5. The predicted molar refractivity (Wildman–Crippen MR) is 103 cm³/mol. The van der Waals surface area contributed by atoms with Crippen LogP contribution in [-0.4, -0.2) is 97.9 Å². The molecule has 29 heavy (non-hydrogen) atoms. The third-order valence-electron chi connectivity index (χ3n) is 4.61. The van der Waals surface area contributed by atoms with E-state index in [2.05, 4.69) is 20.8 Å². The second kappa shape index (κ2) is 9.22. The highest BCUT2D eigenvalue weighted by molar-refractivity contribution is 7.88. The van der Waals surface area contributed by atoms with Crippen LogP contribution in [0.4, 0.5) is 4.79 Å². The molecule has 13 heteroatoms. The first-order valence-corrected chi connectivity index (χ1v) is 11.0. The van der Waals surface area contributed by atoms with Crippen molar-refractivity contribution in [1.29, 1.82) is 0 Å². The molecular weight excluding hydrogens is 402 g/mol. The molecule has 0 atom stereocenters. The number of carbonyl (C=O) groups is 2. The van der Waals surface area contributed by atoms with Crippen LogP contribution in [0.15, 0.2) is 21.8 Å². The monoisotopic (exact) mass is 427 g/mol. The molecule has 1 aromatic rings. The van der Waals surface area contributed by atoms with Crippen molar-refractivity contribution in [3.63, 3.8) is 0 Å². The molecule has 0 unspecified atom stereocenters. The Kier molecular flexibility index (Phi) is 6.69. The normalized spacial score (nSPS) is 19.0. The third-order valence-corrected chi connectivity index (χ3v) is 6.42. The van der Waals surface area contributed by atoms with Crippen LogP contribution in [0.2, 0.25) is 0 Å². The number of hydrogen-bond acceptors (Lipinski definition) is 7. The van der Waals surface area contributed by atoms with Gasteiger partial charge in [-0.3, -0.25) is 14.7 Å². The SMILES string of the molecule is CCNC(=NCCN1C(=O)CNC1=O)N1CCN(S(=O)(=O)Cc2ccon2)CC1. The molecular formula is C16H25N7O5S. The highest BCUT2D eigenvalue weighted by Crippen LogP contribution is 2.13. The molecule has 160 valence electrons. The molecule has 2 saturated heterocycles. The number of urea groups is 1. The number of carbonyl (C=O) groups excluding carboxylic acids is 2. The molecule has 2 aliphatic heterocycles. The molecule has 2 aliphatic rings. The van der Waals surface area contributed by atoms with E-state index in [0.29, 0.717) is 44.4 Å². The summed E-state index contributed by atoms with van der Waals surface area (Å²) in [5.41, 5.74) is 0.378. The van der Waals surface area contributed by atoms with Gasteiger partial charge in [0.2, 0.25) is 15.9 Å². The molecule has 0 saturated carbocycles. The Morgan fingerprint density at radius 3 is 2.66 bits per heavy atom. The molecule has 3 rings (SSSR count). The molecule has 2 fully saturated rings. The quantitative estimate of drug-likeness (QED) is 0.309. The van der Waals surface area contributed by atoms with Crippen molar-refractivity contribution in [2.24, 2.45) is 4.99 Å². The average Bonchev–Trinajstić information content (AvgIpc) is 3.31. The summed E-state index contributed by atoms with van der Waals surface area (Å²) in [6, 6.07) is 1.14. The van der Waals surface area contributed by atoms with Crippen LogP contribution in [0.3, 0.4) is 0 Å². The summed E-state index contributed by atoms with van der Waals surface area (Å²) in [5.74, 6) is 0.179. The van der Waals surface area contributed by atoms with E-state index in [1.54, 1.807) is 0 Å². The highest BCUT2D eigenvalue weighted by Gasteiger charge is 2.30. The first-order valence-electron chi connectivity index (χ1n) is 9.39. The number of imide groups is 1. The topological polar surface area (TPSA) is 140 Å². The molecule has 0 aliphatic carbocycles. The maximum atomic E-state index is 12.5. The lowest BCUT2D eigenvalue weighted by atomic mass is 10.4. The van der Waals surface area contributed by atoms with E-state index in [1.807, 2.05) is 11.8 Å². The Morgan fingerprint density at radius 2 is 2.07 bits per heavy atom. The van der Waals surface area contributed by atoms with E-state index < -0.39 is 16.1 Å². The summed E-state index contributed by atoms with van der Waals surface area (Å²) in [7, 11) is -3.47. The largest absolute Gasteiger partial charge is 0.364 e. The van der Waals surface area contributed by atoms with Gasteiger partial charge in [-0.2, -0.15) is 4.31 Å². The van der Waals surface area contributed by atoms with Crippen molar-refractivity contribution in [2.75, 3.05) is 52.4 Å². The Bertz CT molecular complexity index is 831. The number of piperazine rings is 1. The van der Waals surface area contributed by atoms with Crippen LogP contribution in [-0.2, 0) is 20.6 Å². The standard InChI is InChI=1S/C16H25N7O5S/c1-2-17-15(18-4-5-23-14(24)11-19-16(23)25)21-6-8-22(9-7-21)29(26,27)12-13-3-10-28-20-13/h3,10H,2,4-9,11-12H2,1H3,(H,17,18)(H,19,25). The number of nitrogens with zero attached hydrogens (tertiary/aromatic N) is 5. The summed E-state index contributed by atoms with van der Waals surface area (Å²) in [4.78, 5) is 30.8. The van der Waals surface area contributed by atoms with Crippen LogP contribution >= 0.6 is 0 Å². The number of guanidine groups is 1. The molecule has 2 N–H and O–H groups in total. The van der Waals surface area contributed by atoms with Gasteiger partial charge in [-0.25, -0.2) is 13.2 Å². The Hall–Kier alpha value is -2.67. The van der Waals surface area contributed by atoms with Crippen LogP contribution in [0.25, 0.3) is 0 Å². The van der Waals surface area contributed by atoms with Gasteiger partial charge in [0.15, 0.2) is 5.96 Å². The smallest absolute Gasteiger partial charge is 0.324 e. The van der Waals surface area contributed by atoms with Crippen molar-refractivity contribution in [1.82, 2.24) is 29.9 Å². The van der Waals surface area contributed by atoms with Gasteiger partial charge in [-0.1, -0.05) is 5.16 Å². The molecule has 0 spiro atoms. The van der Waals surface area contributed by atoms with Gasteiger partial charge in [0, 0.05) is 38.8 Å². The van der Waals surface area contributed by atoms with Gasteiger partial charge < -0.3 is 20.1 Å². The van der Waals surface area contributed by atoms with Crippen molar-refractivity contribution < 1.29 is 22.5 Å². The lowest BCUT2D eigenvalue weighted by Crippen LogP contribution is -2.54. The van der Waals surface area contributed by atoms with E-state index in [9.17, 15) is 18.0 Å². The van der Waals surface area contributed by atoms with Gasteiger partial charge in [0.05, 0.1) is 25.3 Å². The first-order chi connectivity index (χ1) is 13.9. The van der Waals surface area contributed by atoms with Gasteiger partial charge in [0.25, 0.3) is 0 Å². The molecule has 12 nitrogen and oxygen atoms in total. The van der Waals surface area contributed by atoms with E-state index in [4.69, 9.17) is 4.52 Å². The highest BCUT2D eigenvalue weighted by atomic mass is 32.2. The fourth-order valence-electron chi connectivity index (χ4n) is 3.13. The summed E-state index contributed by atoms with van der Waals surface area (Å²) < 4.78 is 31.2. The molecule has 0 radical (unpaired) electrons. The Labute approximate surface area is 168 Å². The van der Waals surface area contributed by atoms with Crippen molar-refractivity contribution in [2.45, 2.75) is 12.7 Å². The molecule has 3 amide bonds. The van der Waals surface area contributed by atoms with E-state index in [0.717, 1.165) is 4.90 Å². The minimum atomic E-state index is -3.47. The minimum absolute atomic E-state index is 0.0212. The lowest BCUT2D eigenvalue weighted by Gasteiger charge is -2.35. The number of amides is 3. The van der Waals surface area contributed by atoms with E-state index in [-0.39, 0.29) is 31.3 Å². The molecule has 3 heterocycles. The van der Waals surface area contributed by atoms with Crippen molar-refractivity contribution in [3.05, 3.63) is 18.0 Å². The van der Waals surface area contributed by atoms with Crippen LogP contribution in [0.5, 0.6) is 0 Å². The number of hydrogen-bond donors (Lipinski definition) is 2. The predicted octanol–water partition coefficient (Wildman–Crippen LogP) is -1.36. The number of nitrogens with one attached hydrogen (secondary N) is 2. The third kappa shape index (κ3) is 5.23. The Morgan fingerprint density at radius 1 is 1.31 bits per heavy atom. The maximum Gasteiger partial charge on any atom is 0.324 e. The first kappa shape index (κ1) is 21.0. The molecule has 0 bridgehead atoms. The zero-order valence-electron chi connectivity index (χ0n) is 16.2.